The van der Waals surface area contributed by atoms with E-state index in [0.29, 0.717) is 11.8 Å². The molecule has 4 atom stereocenters. The fourth-order valence-corrected chi connectivity index (χ4v) is 4.12. The van der Waals surface area contributed by atoms with E-state index < -0.39 is 11.4 Å². The van der Waals surface area contributed by atoms with Crippen LogP contribution in [0.25, 0.3) is 0 Å². The molecule has 120 valence electrons. The van der Waals surface area contributed by atoms with Crippen molar-refractivity contribution in [2.24, 2.45) is 11.8 Å². The van der Waals surface area contributed by atoms with Crippen LogP contribution < -0.4 is 0 Å². The lowest BCUT2D eigenvalue weighted by molar-refractivity contribution is -0.624. The number of hydrogen-bond acceptors (Lipinski definition) is 3. The maximum atomic E-state index is 5.88. The first-order valence-corrected chi connectivity index (χ1v) is 8.07. The lowest BCUT2D eigenvalue weighted by atomic mass is 9.67. The number of hydrogen-bond donors (Lipinski definition) is 0. The van der Waals surface area contributed by atoms with E-state index in [1.807, 2.05) is 6.07 Å². The zero-order chi connectivity index (χ0) is 16.0. The van der Waals surface area contributed by atoms with Gasteiger partial charge in [0.1, 0.15) is 0 Å². The van der Waals surface area contributed by atoms with E-state index in [1.165, 1.54) is 11.1 Å². The minimum atomic E-state index is -0.832. The average Bonchev–Trinajstić information content (AvgIpc) is 2.45. The molecular weight excluding hydrogens is 276 g/mol. The highest BCUT2D eigenvalue weighted by Gasteiger charge is 2.67. The van der Waals surface area contributed by atoms with Gasteiger partial charge in [0.05, 0.1) is 0 Å². The van der Waals surface area contributed by atoms with Gasteiger partial charge < -0.3 is 4.74 Å². The summed E-state index contributed by atoms with van der Waals surface area (Å²) in [5.41, 5.74) is 3.02. The largest absolute Gasteiger partial charge is 0.345 e. The third-order valence-corrected chi connectivity index (χ3v) is 5.31. The Kier molecular flexibility index (Phi) is 3.92. The van der Waals surface area contributed by atoms with Crippen LogP contribution in [0.3, 0.4) is 0 Å². The summed E-state index contributed by atoms with van der Waals surface area (Å²) in [5.74, 6) is 0.137. The summed E-state index contributed by atoms with van der Waals surface area (Å²) in [5, 5.41) is 0. The second-order valence-electron chi connectivity index (χ2n) is 7.16. The summed E-state index contributed by atoms with van der Waals surface area (Å²) in [6.07, 6.45) is 3.19. The summed E-state index contributed by atoms with van der Waals surface area (Å²) in [7, 11) is 1.70. The number of aryl methyl sites for hydroxylation is 1. The van der Waals surface area contributed by atoms with Crippen molar-refractivity contribution in [2.75, 3.05) is 7.11 Å². The summed E-state index contributed by atoms with van der Waals surface area (Å²) in [6, 6.07) is 8.29. The third kappa shape index (κ3) is 2.23. The molecule has 0 N–H and O–H groups in total. The van der Waals surface area contributed by atoms with Crippen LogP contribution in [0, 0.1) is 18.8 Å². The zero-order valence-corrected chi connectivity index (χ0v) is 14.0. The van der Waals surface area contributed by atoms with Crippen LogP contribution in [0.15, 0.2) is 36.4 Å². The molecule has 1 saturated carbocycles. The van der Waals surface area contributed by atoms with Crippen molar-refractivity contribution >= 4 is 0 Å². The van der Waals surface area contributed by atoms with Crippen molar-refractivity contribution in [1.82, 2.24) is 0 Å². The number of rotatable bonds is 3. The van der Waals surface area contributed by atoms with Crippen molar-refractivity contribution in [2.45, 2.75) is 51.4 Å². The molecule has 1 aromatic rings. The van der Waals surface area contributed by atoms with Crippen LogP contribution in [0.2, 0.25) is 0 Å². The van der Waals surface area contributed by atoms with Crippen molar-refractivity contribution in [3.8, 4) is 0 Å². The quantitative estimate of drug-likeness (QED) is 0.607. The summed E-state index contributed by atoms with van der Waals surface area (Å²) in [4.78, 5) is 11.3. The highest BCUT2D eigenvalue weighted by molar-refractivity contribution is 5.30. The first-order chi connectivity index (χ1) is 10.4. The Morgan fingerprint density at radius 2 is 2.05 bits per heavy atom. The predicted molar refractivity (Wildman–Crippen MR) is 86.1 cm³/mol. The molecule has 1 aliphatic heterocycles. The molecule has 1 aliphatic carbocycles. The van der Waals surface area contributed by atoms with Crippen LogP contribution >= 0.6 is 0 Å². The smallest absolute Gasteiger partial charge is 0.260 e. The molecule has 0 bridgehead atoms. The fraction of sp³-hybridized carbons (Fsp3) is 0.579. The Balaban J connectivity index is 1.97. The SMILES string of the molecule is C=C1CC(C)CC(C2(C)OO[C@@]2(OC)c2cccc(C)c2)C1. The second kappa shape index (κ2) is 5.48. The van der Waals surface area contributed by atoms with Crippen molar-refractivity contribution in [3.63, 3.8) is 0 Å². The van der Waals surface area contributed by atoms with Gasteiger partial charge in [-0.05, 0) is 39.0 Å². The van der Waals surface area contributed by atoms with Gasteiger partial charge >= 0.3 is 0 Å². The zero-order valence-electron chi connectivity index (χ0n) is 14.0. The van der Waals surface area contributed by atoms with Gasteiger partial charge in [0, 0.05) is 18.6 Å². The van der Waals surface area contributed by atoms with Gasteiger partial charge in [-0.15, -0.1) is 0 Å². The van der Waals surface area contributed by atoms with Gasteiger partial charge in [0.25, 0.3) is 5.79 Å². The van der Waals surface area contributed by atoms with Crippen molar-refractivity contribution in [3.05, 3.63) is 47.5 Å². The van der Waals surface area contributed by atoms with Crippen molar-refractivity contribution < 1.29 is 14.5 Å². The van der Waals surface area contributed by atoms with Crippen LogP contribution in [0.5, 0.6) is 0 Å². The van der Waals surface area contributed by atoms with Gasteiger partial charge in [-0.1, -0.05) is 48.9 Å². The normalized spacial score (nSPS) is 38.6. The number of ether oxygens (including phenoxy) is 1. The first kappa shape index (κ1) is 15.7. The molecule has 1 saturated heterocycles. The molecule has 2 aliphatic rings. The van der Waals surface area contributed by atoms with E-state index in [9.17, 15) is 0 Å². The minimum absolute atomic E-state index is 0.345. The lowest BCUT2D eigenvalue weighted by Crippen LogP contribution is -2.68. The molecule has 0 spiro atoms. The van der Waals surface area contributed by atoms with Gasteiger partial charge in [-0.25, -0.2) is 4.89 Å². The minimum Gasteiger partial charge on any atom is -0.345 e. The Morgan fingerprint density at radius 1 is 1.27 bits per heavy atom. The summed E-state index contributed by atoms with van der Waals surface area (Å²) >= 11 is 0. The highest BCUT2D eigenvalue weighted by Crippen LogP contribution is 2.56. The Labute approximate surface area is 133 Å². The van der Waals surface area contributed by atoms with Gasteiger partial charge in [-0.2, -0.15) is 4.89 Å². The first-order valence-electron chi connectivity index (χ1n) is 8.07. The van der Waals surface area contributed by atoms with E-state index in [4.69, 9.17) is 14.5 Å². The van der Waals surface area contributed by atoms with Gasteiger partial charge in [0.2, 0.25) is 0 Å². The molecule has 0 aromatic heterocycles. The second-order valence-corrected chi connectivity index (χ2v) is 7.16. The van der Waals surface area contributed by atoms with Gasteiger partial charge in [-0.3, -0.25) is 0 Å². The van der Waals surface area contributed by atoms with E-state index in [0.717, 1.165) is 24.8 Å². The summed E-state index contributed by atoms with van der Waals surface area (Å²) < 4.78 is 5.88. The monoisotopic (exact) mass is 302 g/mol. The van der Waals surface area contributed by atoms with Crippen LogP contribution in [-0.4, -0.2) is 12.7 Å². The Hall–Kier alpha value is -1.16. The van der Waals surface area contributed by atoms with E-state index >= 15 is 0 Å². The molecule has 3 unspecified atom stereocenters. The number of methoxy groups -OCH3 is 1. The van der Waals surface area contributed by atoms with E-state index in [1.54, 1.807) is 7.11 Å². The Morgan fingerprint density at radius 3 is 2.59 bits per heavy atom. The van der Waals surface area contributed by atoms with Crippen molar-refractivity contribution in [1.29, 1.82) is 0 Å². The molecule has 0 radical (unpaired) electrons. The van der Waals surface area contributed by atoms with Crippen LogP contribution in [0.4, 0.5) is 0 Å². The molecule has 0 amide bonds. The van der Waals surface area contributed by atoms with Gasteiger partial charge in [0.15, 0.2) is 5.60 Å². The molecule has 3 nitrogen and oxygen atoms in total. The molecule has 22 heavy (non-hydrogen) atoms. The molecule has 1 aromatic carbocycles. The maximum Gasteiger partial charge on any atom is 0.260 e. The standard InChI is InChI=1S/C19H26O3/c1-13-7-6-8-16(10-13)19(20-5)18(4,21-22-19)17-11-14(2)9-15(3)12-17/h6-8,10,15,17H,2,9,11-12H2,1,3-5H3/t15?,17?,18?,19-/m0/s1. The highest BCUT2D eigenvalue weighted by atomic mass is 17.3. The average molecular weight is 302 g/mol. The third-order valence-electron chi connectivity index (χ3n) is 5.31. The number of allylic oxidation sites excluding steroid dienone is 1. The molecule has 3 heteroatoms. The molecule has 1 heterocycles. The maximum absolute atomic E-state index is 5.88. The van der Waals surface area contributed by atoms with E-state index in [2.05, 4.69) is 45.5 Å². The topological polar surface area (TPSA) is 27.7 Å². The molecular formula is C19H26O3. The number of benzene rings is 1. The predicted octanol–water partition coefficient (Wildman–Crippen LogP) is 4.51. The van der Waals surface area contributed by atoms with E-state index in [-0.39, 0.29) is 0 Å². The Bertz CT molecular complexity index is 578. The molecule has 3 rings (SSSR count). The van der Waals surface area contributed by atoms with Crippen LogP contribution in [-0.2, 0) is 20.3 Å². The van der Waals surface area contributed by atoms with Crippen LogP contribution in [0.1, 0.15) is 44.2 Å². The summed E-state index contributed by atoms with van der Waals surface area (Å²) in [6.45, 7) is 10.7. The lowest BCUT2D eigenvalue weighted by Gasteiger charge is -2.57. The fourth-order valence-electron chi connectivity index (χ4n) is 4.12. The molecule has 2 fully saturated rings.